The third-order valence-corrected chi connectivity index (χ3v) is 7.47. The van der Waals surface area contributed by atoms with Crippen molar-refractivity contribution in [1.82, 2.24) is 15.2 Å². The zero-order chi connectivity index (χ0) is 14.9. The molecule has 5 rings (SSSR count). The van der Waals surface area contributed by atoms with E-state index < -0.39 is 0 Å². The Labute approximate surface area is 141 Å². The van der Waals surface area contributed by atoms with Gasteiger partial charge in [-0.2, -0.15) is 0 Å². The monoisotopic (exact) mass is 351 g/mol. The molecule has 3 fully saturated rings. The summed E-state index contributed by atoms with van der Waals surface area (Å²) >= 11 is 4.80. The van der Waals surface area contributed by atoms with Gasteiger partial charge >= 0.3 is 0 Å². The van der Waals surface area contributed by atoms with Crippen LogP contribution in [-0.2, 0) is 0 Å². The number of hydrogen-bond acceptors (Lipinski definition) is 6. The molecule has 1 N–H and O–H groups in total. The van der Waals surface area contributed by atoms with E-state index in [2.05, 4.69) is 15.2 Å². The summed E-state index contributed by atoms with van der Waals surface area (Å²) in [5.74, 6) is 0.743. The predicted molar refractivity (Wildman–Crippen MR) is 91.0 cm³/mol. The Morgan fingerprint density at radius 2 is 2.23 bits per heavy atom. The first-order chi connectivity index (χ1) is 10.8. The van der Waals surface area contributed by atoms with E-state index in [1.165, 1.54) is 25.9 Å². The first-order valence-electron chi connectivity index (χ1n) is 7.48. The molecule has 1 atom stereocenters. The second kappa shape index (κ2) is 6.31. The number of thiazole rings is 1. The highest BCUT2D eigenvalue weighted by atomic mass is 32.2. The van der Waals surface area contributed by atoms with Crippen LogP contribution in [0.25, 0.3) is 0 Å². The number of amides is 1. The van der Waals surface area contributed by atoms with Gasteiger partial charge in [-0.3, -0.25) is 4.79 Å². The molecule has 0 spiro atoms. The molecule has 3 aliphatic heterocycles. The van der Waals surface area contributed by atoms with Crippen molar-refractivity contribution < 1.29 is 4.79 Å². The molecule has 7 heteroatoms. The normalized spacial score (nSPS) is 27.0. The lowest BCUT2D eigenvalue weighted by Crippen LogP contribution is -2.57. The Morgan fingerprint density at radius 3 is 2.91 bits per heavy atom. The number of carbonyl (C=O) groups is 1. The van der Waals surface area contributed by atoms with E-state index in [-0.39, 0.29) is 5.91 Å². The van der Waals surface area contributed by atoms with Crippen LogP contribution in [0.15, 0.2) is 32.3 Å². The Kier molecular flexibility index (Phi) is 4.21. The van der Waals surface area contributed by atoms with E-state index in [0.29, 0.717) is 12.0 Å². The molecule has 1 amide bonds. The van der Waals surface area contributed by atoms with E-state index >= 15 is 0 Å². The van der Waals surface area contributed by atoms with Crippen LogP contribution in [0.5, 0.6) is 0 Å². The molecule has 1 unspecified atom stereocenters. The van der Waals surface area contributed by atoms with Gasteiger partial charge in [-0.25, -0.2) is 4.98 Å². The molecule has 3 saturated heterocycles. The van der Waals surface area contributed by atoms with E-state index in [9.17, 15) is 4.79 Å². The molecule has 2 aromatic heterocycles. The maximum Gasteiger partial charge on any atom is 0.261 e. The quantitative estimate of drug-likeness (QED) is 0.919. The fourth-order valence-corrected chi connectivity index (χ4v) is 6.09. The number of hydrogen-bond donors (Lipinski definition) is 1. The van der Waals surface area contributed by atoms with E-state index in [1.54, 1.807) is 34.4 Å². The zero-order valence-corrected chi connectivity index (χ0v) is 14.5. The minimum atomic E-state index is 0.0785. The smallest absolute Gasteiger partial charge is 0.261 e. The van der Waals surface area contributed by atoms with Crippen molar-refractivity contribution in [3.05, 3.63) is 28.6 Å². The molecular formula is C15H17N3OS3. The first kappa shape index (κ1) is 14.7. The number of aromatic nitrogens is 1. The van der Waals surface area contributed by atoms with Gasteiger partial charge in [0.05, 0.1) is 9.09 Å². The third kappa shape index (κ3) is 3.08. The number of nitrogens with one attached hydrogen (secondary N) is 1. The molecule has 0 aromatic carbocycles. The molecule has 22 heavy (non-hydrogen) atoms. The van der Waals surface area contributed by atoms with Crippen LogP contribution in [0.3, 0.4) is 0 Å². The fourth-order valence-electron chi connectivity index (χ4n) is 3.21. The summed E-state index contributed by atoms with van der Waals surface area (Å²) < 4.78 is 2.14. The molecule has 2 bridgehead atoms. The van der Waals surface area contributed by atoms with Gasteiger partial charge in [0.1, 0.15) is 0 Å². The summed E-state index contributed by atoms with van der Waals surface area (Å²) in [5.41, 5.74) is 0. The summed E-state index contributed by atoms with van der Waals surface area (Å²) in [6.07, 6.45) is 4.25. The number of rotatable bonds is 4. The number of carbonyl (C=O) groups excluding carboxylic acids is 1. The van der Waals surface area contributed by atoms with E-state index in [1.807, 2.05) is 23.7 Å². The standard InChI is InChI=1S/C15H17N3OS3/c19-14(17-11-9-18-6-3-10(11)4-7-18)12-1-2-13(21-12)22-15-16-5-8-20-15/h1-2,5,8,10-11H,3-4,6-7,9H2,(H,17,19). The average molecular weight is 352 g/mol. The van der Waals surface area contributed by atoms with Gasteiger partial charge < -0.3 is 10.2 Å². The summed E-state index contributed by atoms with van der Waals surface area (Å²) in [6, 6.07) is 4.27. The van der Waals surface area contributed by atoms with Gasteiger partial charge in [0.15, 0.2) is 4.34 Å². The van der Waals surface area contributed by atoms with E-state index in [4.69, 9.17) is 0 Å². The molecule has 2 aromatic rings. The minimum absolute atomic E-state index is 0.0785. The van der Waals surface area contributed by atoms with Crippen LogP contribution in [0.4, 0.5) is 0 Å². The van der Waals surface area contributed by atoms with Crippen LogP contribution in [0, 0.1) is 5.92 Å². The van der Waals surface area contributed by atoms with Crippen LogP contribution in [-0.4, -0.2) is 41.5 Å². The molecule has 3 aliphatic rings. The fraction of sp³-hybridized carbons (Fsp3) is 0.467. The Balaban J connectivity index is 1.39. The highest BCUT2D eigenvalue weighted by molar-refractivity contribution is 8.02. The number of thiophene rings is 1. The predicted octanol–water partition coefficient (Wildman–Crippen LogP) is 3.18. The van der Waals surface area contributed by atoms with Gasteiger partial charge in [-0.1, -0.05) is 0 Å². The number of piperidine rings is 3. The molecule has 116 valence electrons. The van der Waals surface area contributed by atoms with Crippen LogP contribution >= 0.6 is 34.4 Å². The highest BCUT2D eigenvalue weighted by Crippen LogP contribution is 2.34. The second-order valence-electron chi connectivity index (χ2n) is 5.74. The second-order valence-corrected chi connectivity index (χ2v) is 9.26. The van der Waals surface area contributed by atoms with Gasteiger partial charge in [0.2, 0.25) is 0 Å². The topological polar surface area (TPSA) is 45.2 Å². The van der Waals surface area contributed by atoms with Crippen LogP contribution < -0.4 is 5.32 Å². The lowest BCUT2D eigenvalue weighted by molar-refractivity contribution is 0.0622. The molecular weight excluding hydrogens is 334 g/mol. The van der Waals surface area contributed by atoms with Crippen molar-refractivity contribution in [3.63, 3.8) is 0 Å². The van der Waals surface area contributed by atoms with Crippen molar-refractivity contribution >= 4 is 40.3 Å². The average Bonchev–Trinajstić information content (AvgIpc) is 3.21. The lowest BCUT2D eigenvalue weighted by atomic mass is 9.84. The van der Waals surface area contributed by atoms with Gasteiger partial charge in [-0.15, -0.1) is 22.7 Å². The maximum atomic E-state index is 12.5. The first-order valence-corrected chi connectivity index (χ1v) is 9.99. The van der Waals surface area contributed by atoms with Crippen LogP contribution in [0.1, 0.15) is 22.5 Å². The largest absolute Gasteiger partial charge is 0.347 e. The SMILES string of the molecule is O=C(NC1CN2CCC1CC2)c1ccc(Sc2nccs2)s1. The summed E-state index contributed by atoms with van der Waals surface area (Å²) in [4.78, 5) is 20.0. The summed E-state index contributed by atoms with van der Waals surface area (Å²) in [6.45, 7) is 3.41. The van der Waals surface area contributed by atoms with Gasteiger partial charge in [-0.05, 0) is 55.7 Å². The molecule has 0 radical (unpaired) electrons. The Bertz CT molecular complexity index is 647. The maximum absolute atomic E-state index is 12.5. The van der Waals surface area contributed by atoms with Crippen LogP contribution in [0.2, 0.25) is 0 Å². The lowest BCUT2D eigenvalue weighted by Gasteiger charge is -2.44. The Hall–Kier alpha value is -0.890. The number of nitrogens with zero attached hydrogens (tertiary/aromatic N) is 2. The van der Waals surface area contributed by atoms with Crippen molar-refractivity contribution in [2.24, 2.45) is 5.92 Å². The van der Waals surface area contributed by atoms with Gasteiger partial charge in [0.25, 0.3) is 5.91 Å². The Morgan fingerprint density at radius 1 is 1.36 bits per heavy atom. The molecule has 0 aliphatic carbocycles. The number of fused-ring (bicyclic) bond motifs is 3. The van der Waals surface area contributed by atoms with Crippen molar-refractivity contribution in [2.45, 2.75) is 27.4 Å². The summed E-state index contributed by atoms with van der Waals surface area (Å²) in [7, 11) is 0. The minimum Gasteiger partial charge on any atom is -0.347 e. The van der Waals surface area contributed by atoms with Crippen molar-refractivity contribution in [3.8, 4) is 0 Å². The van der Waals surface area contributed by atoms with Crippen molar-refractivity contribution in [2.75, 3.05) is 19.6 Å². The molecule has 4 nitrogen and oxygen atoms in total. The van der Waals surface area contributed by atoms with Crippen molar-refractivity contribution in [1.29, 1.82) is 0 Å². The van der Waals surface area contributed by atoms with Gasteiger partial charge in [0, 0.05) is 24.2 Å². The highest BCUT2D eigenvalue weighted by Gasteiger charge is 2.35. The molecule has 0 saturated carbocycles. The zero-order valence-electron chi connectivity index (χ0n) is 12.0. The summed E-state index contributed by atoms with van der Waals surface area (Å²) in [5, 5.41) is 5.22. The van der Waals surface area contributed by atoms with E-state index in [0.717, 1.165) is 20.0 Å². The third-order valence-electron chi connectivity index (χ3n) is 4.38. The molecule has 5 heterocycles.